The minimum atomic E-state index is -0.361. The maximum Gasteiger partial charge on any atom is 0.255 e. The van der Waals surface area contributed by atoms with E-state index in [1.54, 1.807) is 49.4 Å². The number of nitrogens with zero attached hydrogens (tertiary/aromatic N) is 2. The van der Waals surface area contributed by atoms with Crippen LogP contribution < -0.4 is 10.1 Å². The molecule has 2 aromatic carbocycles. The normalized spacial score (nSPS) is 10.5. The van der Waals surface area contributed by atoms with E-state index in [1.807, 2.05) is 0 Å². The van der Waals surface area contributed by atoms with Crippen LogP contribution in [0.4, 0.5) is 4.39 Å². The molecule has 6 nitrogen and oxygen atoms in total. The fourth-order valence-corrected chi connectivity index (χ4v) is 2.23. The first-order chi connectivity index (χ1) is 12.1. The van der Waals surface area contributed by atoms with E-state index in [4.69, 9.17) is 9.26 Å². The van der Waals surface area contributed by atoms with Crippen molar-refractivity contribution in [1.29, 1.82) is 0 Å². The molecule has 0 saturated carbocycles. The highest BCUT2D eigenvalue weighted by molar-refractivity contribution is 5.96. The van der Waals surface area contributed by atoms with Gasteiger partial charge in [0.2, 0.25) is 11.7 Å². The van der Waals surface area contributed by atoms with Crippen molar-refractivity contribution in [2.24, 2.45) is 0 Å². The molecule has 1 aromatic heterocycles. The number of hydrogen-bond acceptors (Lipinski definition) is 5. The van der Waals surface area contributed by atoms with Crippen molar-refractivity contribution >= 4 is 5.91 Å². The zero-order chi connectivity index (χ0) is 17.6. The number of carbonyl (C=O) groups is 1. The van der Waals surface area contributed by atoms with Crippen LogP contribution in [0.2, 0.25) is 0 Å². The van der Waals surface area contributed by atoms with E-state index in [1.165, 1.54) is 6.07 Å². The van der Waals surface area contributed by atoms with E-state index in [-0.39, 0.29) is 24.9 Å². The van der Waals surface area contributed by atoms with Gasteiger partial charge in [-0.2, -0.15) is 4.98 Å². The molecule has 1 N–H and O–H groups in total. The van der Waals surface area contributed by atoms with Crippen LogP contribution in [-0.4, -0.2) is 16.0 Å². The number of aryl methyl sites for hydroxylation is 1. The Morgan fingerprint density at radius 2 is 1.96 bits per heavy atom. The molecule has 3 aromatic rings. The number of halogens is 1. The van der Waals surface area contributed by atoms with Gasteiger partial charge in [-0.05, 0) is 18.2 Å². The molecule has 0 fully saturated rings. The monoisotopic (exact) mass is 341 g/mol. The van der Waals surface area contributed by atoms with Crippen molar-refractivity contribution < 1.29 is 18.4 Å². The van der Waals surface area contributed by atoms with Gasteiger partial charge in [0.1, 0.15) is 11.6 Å². The van der Waals surface area contributed by atoms with Crippen LogP contribution in [0, 0.1) is 12.7 Å². The second-order valence-electron chi connectivity index (χ2n) is 5.29. The Kier molecular flexibility index (Phi) is 5.03. The smallest absolute Gasteiger partial charge is 0.255 e. The van der Waals surface area contributed by atoms with Gasteiger partial charge in [-0.1, -0.05) is 35.5 Å². The molecule has 0 aliphatic carbocycles. The summed E-state index contributed by atoms with van der Waals surface area (Å²) >= 11 is 0. The summed E-state index contributed by atoms with van der Waals surface area (Å²) in [5.74, 6) is 0.493. The van der Waals surface area contributed by atoms with Crippen molar-refractivity contribution in [2.75, 3.05) is 0 Å². The van der Waals surface area contributed by atoms with Crippen LogP contribution in [-0.2, 0) is 13.2 Å². The molecule has 7 heteroatoms. The highest BCUT2D eigenvalue weighted by Gasteiger charge is 2.13. The summed E-state index contributed by atoms with van der Waals surface area (Å²) in [6.07, 6.45) is 0. The van der Waals surface area contributed by atoms with E-state index in [9.17, 15) is 9.18 Å². The van der Waals surface area contributed by atoms with Crippen LogP contribution in [0.25, 0.3) is 0 Å². The first-order valence-electron chi connectivity index (χ1n) is 7.66. The Balaban J connectivity index is 1.67. The number of hydrogen-bond donors (Lipinski definition) is 1. The van der Waals surface area contributed by atoms with Crippen LogP contribution in [0.3, 0.4) is 0 Å². The Bertz CT molecular complexity index is 879. The van der Waals surface area contributed by atoms with Crippen LogP contribution in [0.1, 0.15) is 27.6 Å². The second-order valence-corrected chi connectivity index (χ2v) is 5.29. The van der Waals surface area contributed by atoms with E-state index in [0.717, 1.165) is 0 Å². The maximum atomic E-state index is 13.6. The Morgan fingerprint density at radius 1 is 1.20 bits per heavy atom. The zero-order valence-corrected chi connectivity index (χ0v) is 13.5. The topological polar surface area (TPSA) is 77.2 Å². The van der Waals surface area contributed by atoms with Gasteiger partial charge in [-0.15, -0.1) is 0 Å². The Labute approximate surface area is 143 Å². The third kappa shape index (κ3) is 4.20. The summed E-state index contributed by atoms with van der Waals surface area (Å²) in [4.78, 5) is 16.4. The van der Waals surface area contributed by atoms with Gasteiger partial charge in [0, 0.05) is 19.0 Å². The van der Waals surface area contributed by atoms with Crippen molar-refractivity contribution in [1.82, 2.24) is 15.5 Å². The fourth-order valence-electron chi connectivity index (χ4n) is 2.23. The molecule has 1 amide bonds. The lowest BCUT2D eigenvalue weighted by Crippen LogP contribution is -2.24. The molecule has 0 aliphatic rings. The average Bonchev–Trinajstić information content (AvgIpc) is 3.04. The number of amides is 1. The SMILES string of the molecule is Cc1nc(COc2ccccc2C(=O)NCc2ccccc2F)no1. The van der Waals surface area contributed by atoms with Crippen molar-refractivity contribution in [2.45, 2.75) is 20.1 Å². The summed E-state index contributed by atoms with van der Waals surface area (Å²) in [5, 5.41) is 6.43. The van der Waals surface area contributed by atoms with Gasteiger partial charge < -0.3 is 14.6 Å². The Morgan fingerprint density at radius 3 is 2.72 bits per heavy atom. The number of nitrogens with one attached hydrogen (secondary N) is 1. The van der Waals surface area contributed by atoms with Crippen molar-refractivity contribution in [3.8, 4) is 5.75 Å². The average molecular weight is 341 g/mol. The lowest BCUT2D eigenvalue weighted by Gasteiger charge is -2.11. The summed E-state index contributed by atoms with van der Waals surface area (Å²) < 4.78 is 24.1. The van der Waals surface area contributed by atoms with Crippen LogP contribution >= 0.6 is 0 Å². The molecular formula is C18H16FN3O3. The number of aromatic nitrogens is 2. The number of rotatable bonds is 6. The van der Waals surface area contributed by atoms with Crippen molar-refractivity contribution in [3.05, 3.63) is 77.2 Å². The number of ether oxygens (including phenoxy) is 1. The van der Waals surface area contributed by atoms with Gasteiger partial charge in [-0.25, -0.2) is 4.39 Å². The summed E-state index contributed by atoms with van der Waals surface area (Å²) in [6.45, 7) is 1.85. The molecule has 25 heavy (non-hydrogen) atoms. The molecule has 128 valence electrons. The van der Waals surface area contributed by atoms with Gasteiger partial charge >= 0.3 is 0 Å². The number of benzene rings is 2. The predicted molar refractivity (Wildman–Crippen MR) is 87.4 cm³/mol. The lowest BCUT2D eigenvalue weighted by molar-refractivity contribution is 0.0946. The molecular weight excluding hydrogens is 325 g/mol. The van der Waals surface area contributed by atoms with E-state index < -0.39 is 0 Å². The minimum Gasteiger partial charge on any atom is -0.485 e. The molecule has 0 atom stereocenters. The standard InChI is InChI=1S/C18H16FN3O3/c1-12-21-17(22-25-12)11-24-16-9-5-3-7-14(16)18(23)20-10-13-6-2-4-8-15(13)19/h2-9H,10-11H2,1H3,(H,20,23). The third-order valence-corrected chi connectivity index (χ3v) is 3.46. The number of para-hydroxylation sites is 1. The van der Waals surface area contributed by atoms with Gasteiger partial charge in [0.05, 0.1) is 5.56 Å². The van der Waals surface area contributed by atoms with Gasteiger partial charge in [-0.3, -0.25) is 4.79 Å². The predicted octanol–water partition coefficient (Wildman–Crippen LogP) is 3.03. The first-order valence-corrected chi connectivity index (χ1v) is 7.66. The summed E-state index contributed by atoms with van der Waals surface area (Å²) in [5.41, 5.74) is 0.760. The molecule has 0 spiro atoms. The molecule has 0 saturated heterocycles. The molecule has 0 bridgehead atoms. The zero-order valence-electron chi connectivity index (χ0n) is 13.5. The summed E-state index contributed by atoms with van der Waals surface area (Å²) in [6, 6.07) is 13.1. The van der Waals surface area contributed by atoms with E-state index >= 15 is 0 Å². The summed E-state index contributed by atoms with van der Waals surface area (Å²) in [7, 11) is 0. The largest absolute Gasteiger partial charge is 0.485 e. The molecule has 1 heterocycles. The Hall–Kier alpha value is -3.22. The molecule has 0 unspecified atom stereocenters. The quantitative estimate of drug-likeness (QED) is 0.746. The molecule has 3 rings (SSSR count). The lowest BCUT2D eigenvalue weighted by atomic mass is 10.1. The number of carbonyl (C=O) groups excluding carboxylic acids is 1. The highest BCUT2D eigenvalue weighted by Crippen LogP contribution is 2.19. The van der Waals surface area contributed by atoms with Gasteiger partial charge in [0.25, 0.3) is 5.91 Å². The van der Waals surface area contributed by atoms with Crippen molar-refractivity contribution in [3.63, 3.8) is 0 Å². The molecule has 0 radical (unpaired) electrons. The van der Waals surface area contributed by atoms with E-state index in [0.29, 0.717) is 28.6 Å². The third-order valence-electron chi connectivity index (χ3n) is 3.46. The van der Waals surface area contributed by atoms with Crippen LogP contribution in [0.5, 0.6) is 5.75 Å². The van der Waals surface area contributed by atoms with Gasteiger partial charge in [0.15, 0.2) is 6.61 Å². The first kappa shape index (κ1) is 16.6. The maximum absolute atomic E-state index is 13.6. The second kappa shape index (κ2) is 7.57. The highest BCUT2D eigenvalue weighted by atomic mass is 19.1. The minimum absolute atomic E-state index is 0.0783. The van der Waals surface area contributed by atoms with E-state index in [2.05, 4.69) is 15.5 Å². The molecule has 0 aliphatic heterocycles. The van der Waals surface area contributed by atoms with Crippen LogP contribution in [0.15, 0.2) is 53.1 Å². The fraction of sp³-hybridized carbons (Fsp3) is 0.167.